The molecule has 5 unspecified atom stereocenters. The molecule has 0 heterocycles. The van der Waals surface area contributed by atoms with Gasteiger partial charge >= 0.3 is 5.97 Å². The SMILES string of the molecule is CC(O)C(N)C(=O)NC(CC(N)=O)C(=O)NC(Cc1ccc(O)cc1)C(=O)NC(Cc1ccc(O)cc1)C(=O)O. The molecule has 0 saturated carbocycles. The highest BCUT2D eigenvalue weighted by Crippen LogP contribution is 2.14. The fourth-order valence-corrected chi connectivity index (χ4v) is 3.59. The van der Waals surface area contributed by atoms with Crippen LogP contribution in [0, 0.1) is 0 Å². The van der Waals surface area contributed by atoms with E-state index in [4.69, 9.17) is 11.5 Å². The molecule has 216 valence electrons. The van der Waals surface area contributed by atoms with E-state index < -0.39 is 66.3 Å². The van der Waals surface area contributed by atoms with Crippen molar-refractivity contribution in [2.24, 2.45) is 11.5 Å². The van der Waals surface area contributed by atoms with Crippen molar-refractivity contribution < 1.29 is 44.4 Å². The molecule has 0 saturated heterocycles. The summed E-state index contributed by atoms with van der Waals surface area (Å²) in [6.45, 7) is 1.25. The van der Waals surface area contributed by atoms with Gasteiger partial charge in [-0.3, -0.25) is 19.2 Å². The lowest BCUT2D eigenvalue weighted by Gasteiger charge is -2.25. The third kappa shape index (κ3) is 9.89. The monoisotopic (exact) mass is 559 g/mol. The second kappa shape index (κ2) is 14.5. The summed E-state index contributed by atoms with van der Waals surface area (Å²) in [6, 6.07) is 5.58. The molecule has 0 aliphatic rings. The summed E-state index contributed by atoms with van der Waals surface area (Å²) in [5, 5.41) is 45.3. The molecule has 40 heavy (non-hydrogen) atoms. The van der Waals surface area contributed by atoms with Crippen LogP contribution in [0.2, 0.25) is 0 Å². The quantitative estimate of drug-likeness (QED) is 0.123. The molecule has 0 radical (unpaired) electrons. The number of primary amides is 1. The number of aromatic hydroxyl groups is 2. The zero-order valence-electron chi connectivity index (χ0n) is 21.6. The van der Waals surface area contributed by atoms with Crippen LogP contribution in [0.1, 0.15) is 24.5 Å². The predicted octanol–water partition coefficient (Wildman–Crippen LogP) is -1.99. The topological polar surface area (TPSA) is 254 Å². The first-order valence-corrected chi connectivity index (χ1v) is 12.2. The van der Waals surface area contributed by atoms with Gasteiger partial charge < -0.3 is 47.8 Å². The number of aliphatic hydroxyl groups excluding tert-OH is 1. The summed E-state index contributed by atoms with van der Waals surface area (Å²) in [5.74, 6) is -5.22. The average molecular weight is 560 g/mol. The molecular weight excluding hydrogens is 526 g/mol. The van der Waals surface area contributed by atoms with Crippen LogP contribution in [0.25, 0.3) is 0 Å². The third-order valence-corrected chi connectivity index (χ3v) is 5.86. The summed E-state index contributed by atoms with van der Waals surface area (Å²) >= 11 is 0. The van der Waals surface area contributed by atoms with Crippen molar-refractivity contribution in [2.45, 2.75) is 56.5 Å². The minimum atomic E-state index is -1.56. The fraction of sp³-hybridized carbons (Fsp3) is 0.346. The Bertz CT molecular complexity index is 1200. The van der Waals surface area contributed by atoms with Crippen molar-refractivity contribution >= 4 is 29.6 Å². The zero-order chi connectivity index (χ0) is 30.0. The smallest absolute Gasteiger partial charge is 0.326 e. The molecule has 2 aromatic carbocycles. The van der Waals surface area contributed by atoms with E-state index in [1.807, 2.05) is 0 Å². The molecule has 0 spiro atoms. The predicted molar refractivity (Wildman–Crippen MR) is 141 cm³/mol. The maximum Gasteiger partial charge on any atom is 0.326 e. The van der Waals surface area contributed by atoms with Gasteiger partial charge in [-0.2, -0.15) is 0 Å². The van der Waals surface area contributed by atoms with Gasteiger partial charge in [0, 0.05) is 12.8 Å². The molecule has 2 aromatic rings. The van der Waals surface area contributed by atoms with E-state index >= 15 is 0 Å². The van der Waals surface area contributed by atoms with Crippen LogP contribution in [0.5, 0.6) is 11.5 Å². The number of rotatable bonds is 14. The molecule has 0 aliphatic carbocycles. The minimum absolute atomic E-state index is 0.0247. The normalized spacial score (nSPS) is 14.6. The van der Waals surface area contributed by atoms with Gasteiger partial charge in [-0.1, -0.05) is 24.3 Å². The molecule has 2 rings (SSSR count). The van der Waals surface area contributed by atoms with E-state index in [1.54, 1.807) is 0 Å². The number of carboxylic acid groups (broad SMARTS) is 1. The van der Waals surface area contributed by atoms with Crippen LogP contribution in [-0.2, 0) is 36.8 Å². The Morgan fingerprint density at radius 2 is 1.12 bits per heavy atom. The van der Waals surface area contributed by atoms with E-state index in [9.17, 15) is 44.4 Å². The molecule has 5 atom stereocenters. The van der Waals surface area contributed by atoms with Gasteiger partial charge in [0.15, 0.2) is 0 Å². The maximum absolute atomic E-state index is 13.3. The summed E-state index contributed by atoms with van der Waals surface area (Å²) in [6.07, 6.45) is -2.23. The first-order valence-electron chi connectivity index (χ1n) is 12.2. The fourth-order valence-electron chi connectivity index (χ4n) is 3.59. The van der Waals surface area contributed by atoms with Crippen LogP contribution in [0.15, 0.2) is 48.5 Å². The number of phenolic OH excluding ortho intramolecular Hbond substituents is 2. The second-order valence-corrected chi connectivity index (χ2v) is 9.20. The zero-order valence-corrected chi connectivity index (χ0v) is 21.6. The number of hydrogen-bond donors (Lipinski definition) is 9. The highest BCUT2D eigenvalue weighted by Gasteiger charge is 2.32. The summed E-state index contributed by atoms with van der Waals surface area (Å²) < 4.78 is 0. The van der Waals surface area contributed by atoms with Gasteiger partial charge in [0.25, 0.3) is 0 Å². The second-order valence-electron chi connectivity index (χ2n) is 9.20. The van der Waals surface area contributed by atoms with E-state index in [-0.39, 0.29) is 24.3 Å². The Morgan fingerprint density at radius 3 is 1.55 bits per heavy atom. The molecule has 4 amide bonds. The highest BCUT2D eigenvalue weighted by molar-refractivity contribution is 5.96. The lowest BCUT2D eigenvalue weighted by Crippen LogP contribution is -2.59. The first-order chi connectivity index (χ1) is 18.8. The summed E-state index contributed by atoms with van der Waals surface area (Å²) in [5.41, 5.74) is 11.8. The average Bonchev–Trinajstić information content (AvgIpc) is 2.88. The van der Waals surface area contributed by atoms with Gasteiger partial charge in [0.1, 0.15) is 35.7 Å². The molecule has 0 bridgehead atoms. The third-order valence-electron chi connectivity index (χ3n) is 5.86. The Morgan fingerprint density at radius 1 is 0.725 bits per heavy atom. The lowest BCUT2D eigenvalue weighted by atomic mass is 10.0. The van der Waals surface area contributed by atoms with Crippen molar-refractivity contribution in [1.29, 1.82) is 0 Å². The molecule has 0 aliphatic heterocycles. The Balaban J connectivity index is 2.29. The summed E-state index contributed by atoms with van der Waals surface area (Å²) in [4.78, 5) is 62.2. The van der Waals surface area contributed by atoms with E-state index in [1.165, 1.54) is 55.5 Å². The number of nitrogens with two attached hydrogens (primary N) is 2. The van der Waals surface area contributed by atoms with E-state index in [0.29, 0.717) is 11.1 Å². The number of benzene rings is 2. The van der Waals surface area contributed by atoms with Crippen molar-refractivity contribution in [3.8, 4) is 11.5 Å². The maximum atomic E-state index is 13.3. The van der Waals surface area contributed by atoms with Gasteiger partial charge in [-0.15, -0.1) is 0 Å². The number of nitrogens with one attached hydrogen (secondary N) is 3. The Hall–Kier alpha value is -4.69. The highest BCUT2D eigenvalue weighted by atomic mass is 16.4. The molecule has 11 N–H and O–H groups in total. The molecular formula is C26H33N5O9. The molecule has 0 fully saturated rings. The van der Waals surface area contributed by atoms with Crippen LogP contribution >= 0.6 is 0 Å². The minimum Gasteiger partial charge on any atom is -0.508 e. The van der Waals surface area contributed by atoms with Gasteiger partial charge in [-0.25, -0.2) is 4.79 Å². The van der Waals surface area contributed by atoms with Crippen LogP contribution in [0.4, 0.5) is 0 Å². The number of carboxylic acids is 1. The number of aliphatic carboxylic acids is 1. The van der Waals surface area contributed by atoms with Crippen molar-refractivity contribution in [3.63, 3.8) is 0 Å². The molecule has 0 aromatic heterocycles. The lowest BCUT2D eigenvalue weighted by molar-refractivity contribution is -0.142. The van der Waals surface area contributed by atoms with E-state index in [0.717, 1.165) is 0 Å². The number of carbonyl (C=O) groups is 5. The van der Waals surface area contributed by atoms with E-state index in [2.05, 4.69) is 16.0 Å². The summed E-state index contributed by atoms with van der Waals surface area (Å²) in [7, 11) is 0. The largest absolute Gasteiger partial charge is 0.508 e. The van der Waals surface area contributed by atoms with Crippen molar-refractivity contribution in [1.82, 2.24) is 16.0 Å². The first kappa shape index (κ1) is 31.5. The van der Waals surface area contributed by atoms with Crippen LogP contribution in [-0.4, -0.2) is 80.3 Å². The van der Waals surface area contributed by atoms with Crippen molar-refractivity contribution in [3.05, 3.63) is 59.7 Å². The Labute approximate surface area is 229 Å². The molecule has 14 heteroatoms. The number of aliphatic hydroxyl groups is 1. The van der Waals surface area contributed by atoms with Crippen LogP contribution < -0.4 is 27.4 Å². The number of amides is 4. The number of carbonyl (C=O) groups excluding carboxylic acids is 4. The van der Waals surface area contributed by atoms with Crippen molar-refractivity contribution in [2.75, 3.05) is 0 Å². The van der Waals surface area contributed by atoms with Gasteiger partial charge in [-0.05, 0) is 42.3 Å². The standard InChI is InChI=1S/C26H33N5O9/c1-13(32)22(28)25(38)30-19(12-21(27)35)24(37)29-18(10-14-2-6-16(33)7-3-14)23(36)31-20(26(39)40)11-15-4-8-17(34)9-5-15/h2-9,13,18-20,22,32-34H,10-12,28H2,1H3,(H2,27,35)(H,29,37)(H,30,38)(H,31,36)(H,39,40). The van der Waals surface area contributed by atoms with Gasteiger partial charge in [0.2, 0.25) is 23.6 Å². The number of hydrogen-bond acceptors (Lipinski definition) is 9. The molecule has 14 nitrogen and oxygen atoms in total. The number of phenols is 2. The van der Waals surface area contributed by atoms with Crippen LogP contribution in [0.3, 0.4) is 0 Å². The van der Waals surface area contributed by atoms with Gasteiger partial charge in [0.05, 0.1) is 12.5 Å². The Kier molecular flexibility index (Phi) is 11.4.